The van der Waals surface area contributed by atoms with E-state index in [1.54, 1.807) is 24.2 Å². The highest BCUT2D eigenvalue weighted by Gasteiger charge is 2.21. The van der Waals surface area contributed by atoms with Gasteiger partial charge in [0, 0.05) is 30.8 Å². The zero-order valence-electron chi connectivity index (χ0n) is 17.7. The molecule has 8 heteroatoms. The summed E-state index contributed by atoms with van der Waals surface area (Å²) in [5, 5.41) is 9.50. The first kappa shape index (κ1) is 19.6. The number of benzene rings is 1. The van der Waals surface area contributed by atoms with Gasteiger partial charge in [0.2, 0.25) is 5.65 Å². The Balaban J connectivity index is 1.53. The third-order valence-corrected chi connectivity index (χ3v) is 5.77. The Kier molecular flexibility index (Phi) is 5.07. The van der Waals surface area contributed by atoms with Crippen LogP contribution in [0, 0.1) is 6.92 Å². The average Bonchev–Trinajstić information content (AvgIpc) is 3.41. The van der Waals surface area contributed by atoms with E-state index in [2.05, 4.69) is 24.7 Å². The number of nitrogens with zero attached hydrogens (tertiary/aromatic N) is 6. The summed E-state index contributed by atoms with van der Waals surface area (Å²) in [6.45, 7) is 3.94. The van der Waals surface area contributed by atoms with Gasteiger partial charge in [-0.15, -0.1) is 10.2 Å². The fraction of sp³-hybridized carbons (Fsp3) is 0.348. The van der Waals surface area contributed by atoms with Crippen LogP contribution in [0.3, 0.4) is 0 Å². The second kappa shape index (κ2) is 8.03. The van der Waals surface area contributed by atoms with Gasteiger partial charge in [0.15, 0.2) is 0 Å². The number of pyridine rings is 1. The van der Waals surface area contributed by atoms with Crippen LogP contribution >= 0.6 is 0 Å². The molecule has 3 aromatic heterocycles. The Labute approximate surface area is 179 Å². The maximum Gasteiger partial charge on any atom is 0.253 e. The second-order valence-electron chi connectivity index (χ2n) is 7.99. The molecule has 0 radical (unpaired) electrons. The number of imidazole rings is 1. The lowest BCUT2D eigenvalue weighted by Crippen LogP contribution is -2.26. The van der Waals surface area contributed by atoms with Crippen molar-refractivity contribution in [1.82, 2.24) is 29.6 Å². The van der Waals surface area contributed by atoms with Crippen LogP contribution in [0.1, 0.15) is 34.7 Å². The normalized spacial score (nSPS) is 16.3. The molecule has 0 spiro atoms. The summed E-state index contributed by atoms with van der Waals surface area (Å²) in [5.74, 6) is 0.802. The maximum atomic E-state index is 13.1. The molecule has 1 aliphatic rings. The molecule has 0 bridgehead atoms. The van der Waals surface area contributed by atoms with E-state index >= 15 is 0 Å². The van der Waals surface area contributed by atoms with Gasteiger partial charge in [-0.1, -0.05) is 6.07 Å². The molecule has 1 amide bonds. The number of hydrogen-bond donors (Lipinski definition) is 0. The van der Waals surface area contributed by atoms with Crippen LogP contribution < -0.4 is 0 Å². The lowest BCUT2D eigenvalue weighted by Gasteiger charge is -2.17. The first-order chi connectivity index (χ1) is 15.1. The van der Waals surface area contributed by atoms with E-state index in [0.717, 1.165) is 53.9 Å². The second-order valence-corrected chi connectivity index (χ2v) is 7.99. The lowest BCUT2D eigenvalue weighted by molar-refractivity contribution is 0.0783. The number of aryl methyl sites for hydroxylation is 1. The topological polar surface area (TPSA) is 86.0 Å². The van der Waals surface area contributed by atoms with Crippen molar-refractivity contribution in [1.29, 1.82) is 0 Å². The van der Waals surface area contributed by atoms with Crippen LogP contribution in [0.2, 0.25) is 0 Å². The van der Waals surface area contributed by atoms with E-state index in [0.29, 0.717) is 17.8 Å². The molecule has 4 heterocycles. The number of fused-ring (bicyclic) bond motifs is 3. The van der Waals surface area contributed by atoms with Crippen molar-refractivity contribution >= 4 is 28.0 Å². The number of carbonyl (C=O) groups excluding carboxylic acids is 1. The molecule has 5 rings (SSSR count). The van der Waals surface area contributed by atoms with E-state index in [-0.39, 0.29) is 12.0 Å². The van der Waals surface area contributed by atoms with Gasteiger partial charge < -0.3 is 14.2 Å². The standard InChI is InChI=1S/C23H24N6O2/c1-15-25-22-21(29(15)14-18-7-5-11-31-18)19-12-16(8-9-20(19)26-27-22)23(30)28(2)13-17-6-3-4-10-24-17/h3-4,6,8-10,12,18H,5,7,11,13-14H2,1-2H3. The van der Waals surface area contributed by atoms with Gasteiger partial charge in [-0.2, -0.15) is 0 Å². The average molecular weight is 416 g/mol. The number of hydrogen-bond acceptors (Lipinski definition) is 6. The highest BCUT2D eigenvalue weighted by molar-refractivity contribution is 6.05. The molecule has 1 unspecified atom stereocenters. The summed E-state index contributed by atoms with van der Waals surface area (Å²) in [5.41, 5.74) is 3.68. The summed E-state index contributed by atoms with van der Waals surface area (Å²) < 4.78 is 7.99. The number of carbonyl (C=O) groups is 1. The van der Waals surface area contributed by atoms with E-state index in [1.807, 2.05) is 37.3 Å². The molecule has 1 aliphatic heterocycles. The SMILES string of the molecule is Cc1nc2nnc3ccc(C(=O)N(C)Cc4ccccn4)cc3c2n1CC1CCCO1. The Morgan fingerprint density at radius 2 is 2.16 bits per heavy atom. The molecule has 8 nitrogen and oxygen atoms in total. The van der Waals surface area contributed by atoms with Gasteiger partial charge in [-0.05, 0) is 50.1 Å². The highest BCUT2D eigenvalue weighted by Crippen LogP contribution is 2.26. The van der Waals surface area contributed by atoms with Gasteiger partial charge in [0.25, 0.3) is 5.91 Å². The zero-order valence-corrected chi connectivity index (χ0v) is 17.7. The predicted octanol–water partition coefficient (Wildman–Crippen LogP) is 3.13. The minimum atomic E-state index is -0.0700. The Morgan fingerprint density at radius 1 is 1.26 bits per heavy atom. The minimum Gasteiger partial charge on any atom is -0.376 e. The fourth-order valence-electron chi connectivity index (χ4n) is 4.17. The number of aromatic nitrogens is 5. The summed E-state index contributed by atoms with van der Waals surface area (Å²) in [6.07, 6.45) is 4.03. The number of rotatable bonds is 5. The minimum absolute atomic E-state index is 0.0700. The Bertz CT molecular complexity index is 1250. The third-order valence-electron chi connectivity index (χ3n) is 5.77. The van der Waals surface area contributed by atoms with Gasteiger partial charge >= 0.3 is 0 Å². The molecule has 1 fully saturated rings. The summed E-state index contributed by atoms with van der Waals surface area (Å²) in [7, 11) is 1.79. The van der Waals surface area contributed by atoms with Crippen LogP contribution in [0.15, 0.2) is 42.6 Å². The van der Waals surface area contributed by atoms with E-state index < -0.39 is 0 Å². The van der Waals surface area contributed by atoms with Crippen molar-refractivity contribution < 1.29 is 9.53 Å². The van der Waals surface area contributed by atoms with E-state index in [9.17, 15) is 4.79 Å². The molecule has 0 saturated carbocycles. The summed E-state index contributed by atoms with van der Waals surface area (Å²) in [4.78, 5) is 23.7. The first-order valence-corrected chi connectivity index (χ1v) is 10.5. The van der Waals surface area contributed by atoms with Crippen LogP contribution in [0.25, 0.3) is 22.1 Å². The third kappa shape index (κ3) is 3.74. The van der Waals surface area contributed by atoms with Gasteiger partial charge in [-0.3, -0.25) is 9.78 Å². The largest absolute Gasteiger partial charge is 0.376 e. The summed E-state index contributed by atoms with van der Waals surface area (Å²) >= 11 is 0. The van der Waals surface area contributed by atoms with Gasteiger partial charge in [0.05, 0.1) is 35.9 Å². The van der Waals surface area contributed by atoms with Crippen molar-refractivity contribution in [3.8, 4) is 0 Å². The molecular weight excluding hydrogens is 392 g/mol. The van der Waals surface area contributed by atoms with Crippen molar-refractivity contribution in [2.24, 2.45) is 0 Å². The zero-order chi connectivity index (χ0) is 21.4. The number of ether oxygens (including phenoxy) is 1. The van der Waals surface area contributed by atoms with Crippen LogP contribution in [-0.2, 0) is 17.8 Å². The van der Waals surface area contributed by atoms with Gasteiger partial charge in [0.1, 0.15) is 5.82 Å². The molecule has 31 heavy (non-hydrogen) atoms. The fourth-order valence-corrected chi connectivity index (χ4v) is 4.17. The Morgan fingerprint density at radius 3 is 2.94 bits per heavy atom. The van der Waals surface area contributed by atoms with Crippen molar-refractivity contribution in [3.63, 3.8) is 0 Å². The molecular formula is C23H24N6O2. The molecule has 1 aromatic carbocycles. The molecule has 0 N–H and O–H groups in total. The number of amides is 1. The maximum absolute atomic E-state index is 13.1. The Hall–Kier alpha value is -3.39. The molecule has 1 saturated heterocycles. The van der Waals surface area contributed by atoms with E-state index in [1.165, 1.54) is 0 Å². The first-order valence-electron chi connectivity index (χ1n) is 10.5. The monoisotopic (exact) mass is 416 g/mol. The lowest BCUT2D eigenvalue weighted by atomic mass is 10.1. The molecule has 0 aliphatic carbocycles. The smallest absolute Gasteiger partial charge is 0.253 e. The van der Waals surface area contributed by atoms with Crippen molar-refractivity contribution in [3.05, 3.63) is 59.7 Å². The summed E-state index contributed by atoms with van der Waals surface area (Å²) in [6, 6.07) is 11.2. The molecule has 1 atom stereocenters. The molecule has 4 aromatic rings. The van der Waals surface area contributed by atoms with Crippen molar-refractivity contribution in [2.45, 2.75) is 39.0 Å². The van der Waals surface area contributed by atoms with Crippen LogP contribution in [0.5, 0.6) is 0 Å². The predicted molar refractivity (Wildman–Crippen MR) is 117 cm³/mol. The van der Waals surface area contributed by atoms with Crippen molar-refractivity contribution in [2.75, 3.05) is 13.7 Å². The highest BCUT2D eigenvalue weighted by atomic mass is 16.5. The van der Waals surface area contributed by atoms with E-state index in [4.69, 9.17) is 4.74 Å². The van der Waals surface area contributed by atoms with Crippen LogP contribution in [-0.4, -0.2) is 55.3 Å². The van der Waals surface area contributed by atoms with Gasteiger partial charge in [-0.25, -0.2) is 4.98 Å². The quantitative estimate of drug-likeness (QED) is 0.497. The van der Waals surface area contributed by atoms with Crippen LogP contribution in [0.4, 0.5) is 0 Å². The molecule has 158 valence electrons.